The molecular weight excluding hydrogens is 352 g/mol. The fourth-order valence-corrected chi connectivity index (χ4v) is 1.09. The molecule has 0 unspecified atom stereocenters. The SMILES string of the molecule is CSC(N)=Nc1ccc(C(F)(F)F)cc1.I. The summed E-state index contributed by atoms with van der Waals surface area (Å²) in [6.07, 6.45) is -2.57. The number of nitrogens with zero attached hydrogens (tertiary/aromatic N) is 1. The average molecular weight is 362 g/mol. The summed E-state index contributed by atoms with van der Waals surface area (Å²) in [4.78, 5) is 3.89. The van der Waals surface area contributed by atoms with Crippen molar-refractivity contribution in [1.82, 2.24) is 0 Å². The van der Waals surface area contributed by atoms with Crippen LogP contribution in [0.5, 0.6) is 0 Å². The number of aliphatic imine (C=N–C) groups is 1. The molecule has 7 heteroatoms. The summed E-state index contributed by atoms with van der Waals surface area (Å²) < 4.78 is 36.6. The second kappa shape index (κ2) is 6.33. The second-order valence-corrected chi connectivity index (χ2v) is 3.53. The summed E-state index contributed by atoms with van der Waals surface area (Å²) in [6.45, 7) is 0. The molecule has 1 rings (SSSR count). The molecule has 0 bridgehead atoms. The van der Waals surface area contributed by atoms with Crippen molar-refractivity contribution in [2.24, 2.45) is 10.7 Å². The Morgan fingerprint density at radius 2 is 1.75 bits per heavy atom. The van der Waals surface area contributed by atoms with Gasteiger partial charge in [-0.15, -0.1) is 24.0 Å². The Bertz CT molecular complexity index is 362. The molecule has 0 atom stereocenters. The van der Waals surface area contributed by atoms with Crippen molar-refractivity contribution in [3.8, 4) is 0 Å². The molecule has 0 heterocycles. The van der Waals surface area contributed by atoms with E-state index in [4.69, 9.17) is 5.73 Å². The zero-order valence-corrected chi connectivity index (χ0v) is 11.4. The minimum Gasteiger partial charge on any atom is -0.378 e. The third-order valence-corrected chi connectivity index (χ3v) is 2.15. The number of hydrogen-bond acceptors (Lipinski definition) is 2. The number of halogens is 4. The molecule has 0 aliphatic rings. The van der Waals surface area contributed by atoms with Crippen molar-refractivity contribution in [3.05, 3.63) is 29.8 Å². The second-order valence-electron chi connectivity index (χ2n) is 2.70. The molecule has 2 nitrogen and oxygen atoms in total. The lowest BCUT2D eigenvalue weighted by molar-refractivity contribution is -0.137. The van der Waals surface area contributed by atoms with Crippen LogP contribution in [-0.4, -0.2) is 11.4 Å². The average Bonchev–Trinajstić information content (AvgIpc) is 2.17. The van der Waals surface area contributed by atoms with E-state index in [1.165, 1.54) is 23.9 Å². The topological polar surface area (TPSA) is 38.4 Å². The number of hydrogen-bond donors (Lipinski definition) is 1. The van der Waals surface area contributed by atoms with E-state index in [2.05, 4.69) is 4.99 Å². The van der Waals surface area contributed by atoms with Crippen molar-refractivity contribution in [1.29, 1.82) is 0 Å². The minimum atomic E-state index is -4.31. The lowest BCUT2D eigenvalue weighted by Gasteiger charge is -2.05. The number of nitrogens with two attached hydrogens (primary N) is 1. The van der Waals surface area contributed by atoms with Gasteiger partial charge in [0, 0.05) is 0 Å². The van der Waals surface area contributed by atoms with Crippen molar-refractivity contribution in [2.75, 3.05) is 6.26 Å². The number of thioether (sulfide) groups is 1. The molecule has 1 aromatic rings. The van der Waals surface area contributed by atoms with Crippen LogP contribution in [0.2, 0.25) is 0 Å². The maximum Gasteiger partial charge on any atom is 0.416 e. The number of alkyl halides is 3. The smallest absolute Gasteiger partial charge is 0.378 e. The van der Waals surface area contributed by atoms with Gasteiger partial charge in [0.25, 0.3) is 0 Å². The van der Waals surface area contributed by atoms with Gasteiger partial charge in [-0.1, -0.05) is 11.8 Å². The molecule has 0 aliphatic heterocycles. The first-order chi connectivity index (χ1) is 6.93. The number of amidine groups is 1. The number of benzene rings is 1. The molecule has 0 aromatic heterocycles. The highest BCUT2D eigenvalue weighted by Gasteiger charge is 2.29. The van der Waals surface area contributed by atoms with Crippen molar-refractivity contribution in [3.63, 3.8) is 0 Å². The summed E-state index contributed by atoms with van der Waals surface area (Å²) in [5, 5.41) is 0.315. The van der Waals surface area contributed by atoms with E-state index in [0.717, 1.165) is 12.1 Å². The minimum absolute atomic E-state index is 0. The summed E-state index contributed by atoms with van der Waals surface area (Å²) in [5.74, 6) is 0. The van der Waals surface area contributed by atoms with Crippen LogP contribution >= 0.6 is 35.7 Å². The summed E-state index contributed by atoms with van der Waals surface area (Å²) in [7, 11) is 0. The Kier molecular flexibility index (Phi) is 6.16. The molecular formula is C9H10F3IN2S. The van der Waals surface area contributed by atoms with Gasteiger partial charge in [0.2, 0.25) is 0 Å². The predicted molar refractivity (Wildman–Crippen MR) is 71.7 cm³/mol. The molecule has 16 heavy (non-hydrogen) atoms. The molecule has 1 aromatic carbocycles. The zero-order valence-electron chi connectivity index (χ0n) is 8.28. The van der Waals surface area contributed by atoms with Crippen LogP contribution < -0.4 is 5.73 Å². The third kappa shape index (κ3) is 4.60. The molecule has 0 saturated heterocycles. The van der Waals surface area contributed by atoms with Crippen molar-refractivity contribution < 1.29 is 13.2 Å². The molecule has 0 saturated carbocycles. The van der Waals surface area contributed by atoms with Crippen LogP contribution in [-0.2, 0) is 6.18 Å². The zero-order chi connectivity index (χ0) is 11.5. The van der Waals surface area contributed by atoms with Crippen molar-refractivity contribution >= 4 is 46.6 Å². The van der Waals surface area contributed by atoms with Crippen molar-refractivity contribution in [2.45, 2.75) is 6.18 Å². The first-order valence-electron chi connectivity index (χ1n) is 3.99. The van der Waals surface area contributed by atoms with Gasteiger partial charge < -0.3 is 5.73 Å². The standard InChI is InChI=1S/C9H9F3N2S.HI/c1-15-8(13)14-7-4-2-6(3-5-7)9(10,11)12;/h2-5H,1H3,(H2,13,14);1H. The maximum absolute atomic E-state index is 12.2. The normalized spacial score (nSPS) is 12.1. The third-order valence-electron chi connectivity index (χ3n) is 1.64. The van der Waals surface area contributed by atoms with Crippen LogP contribution in [0, 0.1) is 0 Å². The monoisotopic (exact) mass is 362 g/mol. The van der Waals surface area contributed by atoms with E-state index >= 15 is 0 Å². The van der Waals surface area contributed by atoms with Gasteiger partial charge in [-0.25, -0.2) is 4.99 Å². The predicted octanol–water partition coefficient (Wildman–Crippen LogP) is 3.63. The fourth-order valence-electron chi connectivity index (χ4n) is 0.898. The Balaban J connectivity index is 0.00000225. The van der Waals surface area contributed by atoms with E-state index < -0.39 is 11.7 Å². The van der Waals surface area contributed by atoms with Gasteiger partial charge >= 0.3 is 6.18 Å². The van der Waals surface area contributed by atoms with Gasteiger partial charge in [-0.2, -0.15) is 13.2 Å². The van der Waals surface area contributed by atoms with Gasteiger partial charge in [0.1, 0.15) is 0 Å². The van der Waals surface area contributed by atoms with Crippen LogP contribution in [0.15, 0.2) is 29.3 Å². The number of rotatable bonds is 1. The van der Waals surface area contributed by atoms with Crippen LogP contribution in [0.1, 0.15) is 5.56 Å². The van der Waals surface area contributed by atoms with E-state index in [1.54, 1.807) is 6.26 Å². The molecule has 2 N–H and O–H groups in total. The van der Waals surface area contributed by atoms with Crippen LogP contribution in [0.4, 0.5) is 18.9 Å². The first-order valence-corrected chi connectivity index (χ1v) is 5.21. The molecule has 0 spiro atoms. The molecule has 0 aliphatic carbocycles. The highest BCUT2D eigenvalue weighted by atomic mass is 127. The Hall–Kier alpha value is -0.440. The van der Waals surface area contributed by atoms with E-state index in [1.807, 2.05) is 0 Å². The quantitative estimate of drug-likeness (QED) is 0.471. The van der Waals surface area contributed by atoms with Crippen LogP contribution in [0.3, 0.4) is 0 Å². The lowest BCUT2D eigenvalue weighted by atomic mass is 10.2. The summed E-state index contributed by atoms with van der Waals surface area (Å²) in [5.41, 5.74) is 5.14. The lowest BCUT2D eigenvalue weighted by Crippen LogP contribution is -2.05. The molecule has 0 amide bonds. The highest BCUT2D eigenvalue weighted by Crippen LogP contribution is 2.30. The first kappa shape index (κ1) is 15.6. The summed E-state index contributed by atoms with van der Waals surface area (Å²) >= 11 is 1.23. The summed E-state index contributed by atoms with van der Waals surface area (Å²) in [6, 6.07) is 4.52. The Labute approximate surface area is 113 Å². The van der Waals surface area contributed by atoms with Gasteiger partial charge in [0.15, 0.2) is 5.17 Å². The molecule has 0 fully saturated rings. The van der Waals surface area contributed by atoms with Gasteiger partial charge in [-0.05, 0) is 30.5 Å². The van der Waals surface area contributed by atoms with Gasteiger partial charge in [0.05, 0.1) is 11.3 Å². The Morgan fingerprint density at radius 3 is 2.12 bits per heavy atom. The fraction of sp³-hybridized carbons (Fsp3) is 0.222. The van der Waals surface area contributed by atoms with E-state index in [0.29, 0.717) is 10.9 Å². The van der Waals surface area contributed by atoms with E-state index in [-0.39, 0.29) is 24.0 Å². The van der Waals surface area contributed by atoms with Gasteiger partial charge in [-0.3, -0.25) is 0 Å². The van der Waals surface area contributed by atoms with E-state index in [9.17, 15) is 13.2 Å². The Morgan fingerprint density at radius 1 is 1.25 bits per heavy atom. The largest absolute Gasteiger partial charge is 0.416 e. The maximum atomic E-state index is 12.2. The highest BCUT2D eigenvalue weighted by molar-refractivity contribution is 14.0. The van der Waals surface area contributed by atoms with Crippen LogP contribution in [0.25, 0.3) is 0 Å². The molecule has 0 radical (unpaired) electrons. The molecule has 90 valence electrons.